The first kappa shape index (κ1) is 16.7. The zero-order valence-corrected chi connectivity index (χ0v) is 14.0. The van der Waals surface area contributed by atoms with Gasteiger partial charge in [0.2, 0.25) is 0 Å². The van der Waals surface area contributed by atoms with Gasteiger partial charge >= 0.3 is 0 Å². The minimum absolute atomic E-state index is 0.0343. The summed E-state index contributed by atoms with van der Waals surface area (Å²) in [7, 11) is -3.91. The maximum atomic E-state index is 14.3. The van der Waals surface area contributed by atoms with Crippen molar-refractivity contribution < 1.29 is 17.2 Å². The maximum Gasteiger partial charge on any atom is 0.262 e. The molecule has 3 rings (SSSR count). The molecule has 1 aliphatic rings. The van der Waals surface area contributed by atoms with Crippen LogP contribution in [0.5, 0.6) is 0 Å². The second-order valence-corrected chi connectivity index (χ2v) is 7.53. The molecule has 1 saturated heterocycles. The molecule has 1 fully saturated rings. The van der Waals surface area contributed by atoms with Crippen molar-refractivity contribution in [1.82, 2.24) is 0 Å². The Morgan fingerprint density at radius 2 is 1.75 bits per heavy atom. The molecule has 1 heterocycles. The average Bonchev–Trinajstić information content (AvgIpc) is 3.00. The van der Waals surface area contributed by atoms with E-state index in [1.807, 2.05) is 4.90 Å². The highest BCUT2D eigenvalue weighted by Crippen LogP contribution is 2.27. The summed E-state index contributed by atoms with van der Waals surface area (Å²) in [6, 6.07) is 7.71. The van der Waals surface area contributed by atoms with Gasteiger partial charge in [0.05, 0.1) is 16.3 Å². The molecule has 24 heavy (non-hydrogen) atoms. The molecule has 0 saturated carbocycles. The van der Waals surface area contributed by atoms with E-state index in [9.17, 15) is 17.2 Å². The van der Waals surface area contributed by atoms with Crippen LogP contribution in [-0.4, -0.2) is 21.5 Å². The molecule has 2 aromatic carbocycles. The fraction of sp³-hybridized carbons (Fsp3) is 0.294. The number of hydrogen-bond acceptors (Lipinski definition) is 3. The first-order valence-electron chi connectivity index (χ1n) is 7.70. The zero-order chi connectivity index (χ0) is 17.3. The van der Waals surface area contributed by atoms with E-state index in [1.54, 1.807) is 6.07 Å². The standard InChI is InChI=1S/C17H18F2N2O2S/c1-12-10-13(18)4-7-17(12)24(22,23)20-14-5-6-16(15(19)11-14)21-8-2-3-9-21/h4-7,10-11,20H,2-3,8-9H2,1H3. The summed E-state index contributed by atoms with van der Waals surface area (Å²) in [6.45, 7) is 3.11. The predicted molar refractivity (Wildman–Crippen MR) is 89.8 cm³/mol. The number of halogens is 2. The van der Waals surface area contributed by atoms with E-state index in [0.717, 1.165) is 38.1 Å². The largest absolute Gasteiger partial charge is 0.369 e. The Hall–Kier alpha value is -2.15. The van der Waals surface area contributed by atoms with Crippen LogP contribution in [0, 0.1) is 18.6 Å². The van der Waals surface area contributed by atoms with Crippen molar-refractivity contribution in [1.29, 1.82) is 0 Å². The summed E-state index contributed by atoms with van der Waals surface area (Å²) in [4.78, 5) is 1.91. The minimum atomic E-state index is -3.91. The van der Waals surface area contributed by atoms with Crippen LogP contribution < -0.4 is 9.62 Å². The second-order valence-electron chi connectivity index (χ2n) is 5.88. The molecule has 128 valence electrons. The van der Waals surface area contributed by atoms with Gasteiger partial charge in [0, 0.05) is 19.2 Å². The van der Waals surface area contributed by atoms with Crippen molar-refractivity contribution in [3.05, 3.63) is 53.6 Å². The lowest BCUT2D eigenvalue weighted by Gasteiger charge is -2.19. The first-order valence-corrected chi connectivity index (χ1v) is 9.18. The Morgan fingerprint density at radius 1 is 1.04 bits per heavy atom. The summed E-state index contributed by atoms with van der Waals surface area (Å²) in [6.07, 6.45) is 2.05. The average molecular weight is 352 g/mol. The lowest BCUT2D eigenvalue weighted by Crippen LogP contribution is -2.19. The quantitative estimate of drug-likeness (QED) is 0.913. The van der Waals surface area contributed by atoms with E-state index in [0.29, 0.717) is 5.69 Å². The van der Waals surface area contributed by atoms with Crippen molar-refractivity contribution in [2.75, 3.05) is 22.7 Å². The van der Waals surface area contributed by atoms with E-state index < -0.39 is 21.7 Å². The molecule has 0 radical (unpaired) electrons. The topological polar surface area (TPSA) is 49.4 Å². The van der Waals surface area contributed by atoms with Crippen LogP contribution in [0.15, 0.2) is 41.3 Å². The van der Waals surface area contributed by atoms with Crippen LogP contribution >= 0.6 is 0 Å². The Labute approximate surface area is 140 Å². The lowest BCUT2D eigenvalue weighted by atomic mass is 10.2. The summed E-state index contributed by atoms with van der Waals surface area (Å²) >= 11 is 0. The van der Waals surface area contributed by atoms with Crippen LogP contribution in [0.1, 0.15) is 18.4 Å². The second kappa shape index (κ2) is 6.39. The highest BCUT2D eigenvalue weighted by molar-refractivity contribution is 7.92. The number of nitrogens with zero attached hydrogens (tertiary/aromatic N) is 1. The molecule has 0 bridgehead atoms. The Morgan fingerprint density at radius 3 is 2.38 bits per heavy atom. The predicted octanol–water partition coefficient (Wildman–Crippen LogP) is 3.67. The first-order chi connectivity index (χ1) is 11.4. The van der Waals surface area contributed by atoms with Crippen LogP contribution in [0.3, 0.4) is 0 Å². The number of rotatable bonds is 4. The Kier molecular flexibility index (Phi) is 4.45. The lowest BCUT2D eigenvalue weighted by molar-refractivity contribution is 0.598. The SMILES string of the molecule is Cc1cc(F)ccc1S(=O)(=O)Nc1ccc(N2CCCC2)c(F)c1. The van der Waals surface area contributed by atoms with E-state index in [-0.39, 0.29) is 16.1 Å². The van der Waals surface area contributed by atoms with Crippen molar-refractivity contribution in [3.8, 4) is 0 Å². The fourth-order valence-corrected chi connectivity index (χ4v) is 4.19. The van der Waals surface area contributed by atoms with E-state index in [2.05, 4.69) is 4.72 Å². The van der Waals surface area contributed by atoms with Crippen LogP contribution in [0.25, 0.3) is 0 Å². The van der Waals surface area contributed by atoms with Crippen LogP contribution in [-0.2, 0) is 10.0 Å². The summed E-state index contributed by atoms with van der Waals surface area (Å²) < 4.78 is 54.6. The van der Waals surface area contributed by atoms with Crippen molar-refractivity contribution in [3.63, 3.8) is 0 Å². The minimum Gasteiger partial charge on any atom is -0.369 e. The normalized spacial score (nSPS) is 14.9. The third-order valence-electron chi connectivity index (χ3n) is 4.07. The van der Waals surface area contributed by atoms with Crippen molar-refractivity contribution in [2.24, 2.45) is 0 Å². The number of aryl methyl sites for hydroxylation is 1. The van der Waals surface area contributed by atoms with Gasteiger partial charge in [-0.15, -0.1) is 0 Å². The molecule has 0 aliphatic carbocycles. The summed E-state index contributed by atoms with van der Waals surface area (Å²) in [5.41, 5.74) is 0.907. The molecule has 0 spiro atoms. The van der Waals surface area contributed by atoms with Gasteiger partial charge < -0.3 is 4.90 Å². The highest BCUT2D eigenvalue weighted by atomic mass is 32.2. The Bertz CT molecular complexity index is 863. The molecule has 2 aromatic rings. The summed E-state index contributed by atoms with van der Waals surface area (Å²) in [5.74, 6) is -0.972. The van der Waals surface area contributed by atoms with Gasteiger partial charge in [0.15, 0.2) is 0 Å². The van der Waals surface area contributed by atoms with Gasteiger partial charge in [-0.25, -0.2) is 17.2 Å². The van der Waals surface area contributed by atoms with Crippen LogP contribution in [0.4, 0.5) is 20.2 Å². The smallest absolute Gasteiger partial charge is 0.262 e. The molecular weight excluding hydrogens is 334 g/mol. The van der Waals surface area contributed by atoms with Gasteiger partial charge in [0.1, 0.15) is 11.6 Å². The Balaban J connectivity index is 1.86. The van der Waals surface area contributed by atoms with E-state index >= 15 is 0 Å². The molecule has 0 aromatic heterocycles. The van der Waals surface area contributed by atoms with Crippen molar-refractivity contribution in [2.45, 2.75) is 24.7 Å². The number of benzene rings is 2. The molecule has 7 heteroatoms. The van der Waals surface area contributed by atoms with Crippen molar-refractivity contribution >= 4 is 21.4 Å². The van der Waals surface area contributed by atoms with Gasteiger partial charge in [-0.05, 0) is 55.7 Å². The maximum absolute atomic E-state index is 14.3. The number of sulfonamides is 1. The van der Waals surface area contributed by atoms with Gasteiger partial charge in [-0.3, -0.25) is 4.72 Å². The third kappa shape index (κ3) is 3.36. The molecule has 4 nitrogen and oxygen atoms in total. The molecule has 0 unspecified atom stereocenters. The highest BCUT2D eigenvalue weighted by Gasteiger charge is 2.20. The van der Waals surface area contributed by atoms with E-state index in [1.165, 1.54) is 25.1 Å². The molecule has 1 aliphatic heterocycles. The number of hydrogen-bond donors (Lipinski definition) is 1. The fourth-order valence-electron chi connectivity index (χ4n) is 2.91. The van der Waals surface area contributed by atoms with Crippen LogP contribution in [0.2, 0.25) is 0 Å². The number of anilines is 2. The van der Waals surface area contributed by atoms with E-state index in [4.69, 9.17) is 0 Å². The van der Waals surface area contributed by atoms with Gasteiger partial charge in [-0.2, -0.15) is 0 Å². The van der Waals surface area contributed by atoms with Gasteiger partial charge in [-0.1, -0.05) is 0 Å². The zero-order valence-electron chi connectivity index (χ0n) is 13.2. The molecule has 0 amide bonds. The monoisotopic (exact) mass is 352 g/mol. The molecule has 0 atom stereocenters. The van der Waals surface area contributed by atoms with Gasteiger partial charge in [0.25, 0.3) is 10.0 Å². The number of nitrogens with one attached hydrogen (secondary N) is 1. The third-order valence-corrected chi connectivity index (χ3v) is 5.61. The summed E-state index contributed by atoms with van der Waals surface area (Å²) in [5, 5.41) is 0. The molecule has 1 N–H and O–H groups in total. The molecular formula is C17H18F2N2O2S.